The van der Waals surface area contributed by atoms with Crippen LogP contribution in [-0.4, -0.2) is 12.5 Å². The Morgan fingerprint density at radius 2 is 1.95 bits per heavy atom. The smallest absolute Gasteiger partial charge is 0.227 e. The molecule has 3 heteroatoms. The van der Waals surface area contributed by atoms with Gasteiger partial charge >= 0.3 is 0 Å². The lowest BCUT2D eigenvalue weighted by atomic mass is 9.88. The molecule has 0 saturated heterocycles. The topological polar surface area (TPSA) is 38.3 Å². The molecule has 0 bridgehead atoms. The molecule has 0 unspecified atom stereocenters. The van der Waals surface area contributed by atoms with E-state index in [4.69, 9.17) is 4.74 Å². The lowest BCUT2D eigenvalue weighted by molar-refractivity contribution is -0.120. The Labute approximate surface area is 114 Å². The Morgan fingerprint density at radius 1 is 1.26 bits per heavy atom. The van der Waals surface area contributed by atoms with Crippen LogP contribution in [0.25, 0.3) is 0 Å². The molecule has 1 fully saturated rings. The van der Waals surface area contributed by atoms with Gasteiger partial charge in [0.2, 0.25) is 5.91 Å². The number of amides is 1. The van der Waals surface area contributed by atoms with E-state index >= 15 is 0 Å². The molecule has 1 saturated carbocycles. The van der Waals surface area contributed by atoms with Gasteiger partial charge in [-0.15, -0.1) is 0 Å². The Bertz CT molecular complexity index is 419. The van der Waals surface area contributed by atoms with Gasteiger partial charge in [-0.1, -0.05) is 31.9 Å². The third-order valence-electron chi connectivity index (χ3n) is 3.47. The van der Waals surface area contributed by atoms with Gasteiger partial charge in [0, 0.05) is 11.6 Å². The van der Waals surface area contributed by atoms with Gasteiger partial charge in [-0.3, -0.25) is 4.79 Å². The molecule has 102 valence electrons. The molecule has 1 aromatic rings. The summed E-state index contributed by atoms with van der Waals surface area (Å²) in [4.78, 5) is 12.1. The van der Waals surface area contributed by atoms with Gasteiger partial charge in [0.15, 0.2) is 0 Å². The molecule has 1 aliphatic carbocycles. The highest BCUT2D eigenvalue weighted by Gasteiger charge is 2.20. The number of hydrogen-bond donors (Lipinski definition) is 1. The standard InChI is InChI=1S/C16H21NO2/c1-2-12-19-15-10-8-14(9-11-15)17-16(18)13-6-4-3-5-7-13/h2,8-11,13H,1,3-7,12H2,(H,17,18). The summed E-state index contributed by atoms with van der Waals surface area (Å²) in [6.45, 7) is 4.10. The summed E-state index contributed by atoms with van der Waals surface area (Å²) in [6, 6.07) is 7.47. The molecular weight excluding hydrogens is 238 g/mol. The minimum Gasteiger partial charge on any atom is -0.490 e. The number of nitrogens with one attached hydrogen (secondary N) is 1. The second-order valence-corrected chi connectivity index (χ2v) is 4.95. The molecule has 0 aliphatic heterocycles. The number of rotatable bonds is 5. The van der Waals surface area contributed by atoms with E-state index in [1.165, 1.54) is 19.3 Å². The van der Waals surface area contributed by atoms with E-state index in [-0.39, 0.29) is 11.8 Å². The van der Waals surface area contributed by atoms with E-state index < -0.39 is 0 Å². The largest absolute Gasteiger partial charge is 0.490 e. The van der Waals surface area contributed by atoms with Gasteiger partial charge in [0.05, 0.1) is 0 Å². The maximum atomic E-state index is 12.1. The molecule has 1 aromatic carbocycles. The summed E-state index contributed by atoms with van der Waals surface area (Å²) in [6.07, 6.45) is 7.36. The van der Waals surface area contributed by atoms with Gasteiger partial charge in [0.1, 0.15) is 12.4 Å². The van der Waals surface area contributed by atoms with Crippen molar-refractivity contribution in [3.63, 3.8) is 0 Å². The summed E-state index contributed by atoms with van der Waals surface area (Å²) < 4.78 is 5.40. The molecule has 19 heavy (non-hydrogen) atoms. The lowest BCUT2D eigenvalue weighted by Gasteiger charge is -2.20. The number of benzene rings is 1. The Balaban J connectivity index is 1.87. The van der Waals surface area contributed by atoms with Gasteiger partial charge in [0.25, 0.3) is 0 Å². The van der Waals surface area contributed by atoms with Crippen LogP contribution in [0.5, 0.6) is 5.75 Å². The molecule has 0 radical (unpaired) electrons. The third-order valence-corrected chi connectivity index (χ3v) is 3.47. The van der Waals surface area contributed by atoms with Crippen LogP contribution < -0.4 is 10.1 Å². The van der Waals surface area contributed by atoms with E-state index in [2.05, 4.69) is 11.9 Å². The molecule has 0 spiro atoms. The minimum absolute atomic E-state index is 0.152. The van der Waals surface area contributed by atoms with Crippen LogP contribution >= 0.6 is 0 Å². The van der Waals surface area contributed by atoms with Crippen LogP contribution in [0.4, 0.5) is 5.69 Å². The van der Waals surface area contributed by atoms with Crippen LogP contribution in [0.15, 0.2) is 36.9 Å². The highest BCUT2D eigenvalue weighted by Crippen LogP contribution is 2.25. The van der Waals surface area contributed by atoms with Crippen molar-refractivity contribution in [2.24, 2.45) is 5.92 Å². The lowest BCUT2D eigenvalue weighted by Crippen LogP contribution is -2.24. The fourth-order valence-electron chi connectivity index (χ4n) is 2.40. The average Bonchev–Trinajstić information content (AvgIpc) is 2.47. The molecule has 1 N–H and O–H groups in total. The van der Waals surface area contributed by atoms with E-state index in [1.807, 2.05) is 24.3 Å². The van der Waals surface area contributed by atoms with Crippen LogP contribution in [0, 0.1) is 5.92 Å². The van der Waals surface area contributed by atoms with Crippen LogP contribution in [0.2, 0.25) is 0 Å². The first-order valence-corrected chi connectivity index (χ1v) is 6.94. The highest BCUT2D eigenvalue weighted by atomic mass is 16.5. The molecular formula is C16H21NO2. The van der Waals surface area contributed by atoms with Crippen molar-refractivity contribution < 1.29 is 9.53 Å². The fraction of sp³-hybridized carbons (Fsp3) is 0.438. The van der Waals surface area contributed by atoms with Crippen molar-refractivity contribution in [2.45, 2.75) is 32.1 Å². The van der Waals surface area contributed by atoms with E-state index in [0.29, 0.717) is 6.61 Å². The summed E-state index contributed by atoms with van der Waals surface area (Å²) in [5.74, 6) is 1.13. The number of carbonyl (C=O) groups excluding carboxylic acids is 1. The van der Waals surface area contributed by atoms with Gasteiger partial charge < -0.3 is 10.1 Å². The normalized spacial score (nSPS) is 15.8. The number of ether oxygens (including phenoxy) is 1. The molecule has 2 rings (SSSR count). The summed E-state index contributed by atoms with van der Waals surface area (Å²) in [5.41, 5.74) is 0.835. The summed E-state index contributed by atoms with van der Waals surface area (Å²) in [7, 11) is 0. The molecule has 0 aromatic heterocycles. The predicted octanol–water partition coefficient (Wildman–Crippen LogP) is 3.77. The highest BCUT2D eigenvalue weighted by molar-refractivity contribution is 5.92. The molecule has 0 heterocycles. The Morgan fingerprint density at radius 3 is 2.58 bits per heavy atom. The maximum absolute atomic E-state index is 12.1. The van der Waals surface area contributed by atoms with Gasteiger partial charge in [-0.05, 0) is 37.1 Å². The first-order chi connectivity index (χ1) is 9.29. The monoisotopic (exact) mass is 259 g/mol. The number of hydrogen-bond acceptors (Lipinski definition) is 2. The SMILES string of the molecule is C=CCOc1ccc(NC(=O)C2CCCCC2)cc1. The first kappa shape index (κ1) is 13.7. The van der Waals surface area contributed by atoms with E-state index in [0.717, 1.165) is 24.3 Å². The van der Waals surface area contributed by atoms with Crippen LogP contribution in [-0.2, 0) is 4.79 Å². The summed E-state index contributed by atoms with van der Waals surface area (Å²) in [5, 5.41) is 2.98. The van der Waals surface area contributed by atoms with Gasteiger partial charge in [-0.2, -0.15) is 0 Å². The Kier molecular flexibility index (Phi) is 5.01. The van der Waals surface area contributed by atoms with Crippen molar-refractivity contribution in [3.8, 4) is 5.75 Å². The molecule has 0 atom stereocenters. The zero-order valence-electron chi connectivity index (χ0n) is 11.2. The molecule has 1 amide bonds. The zero-order valence-corrected chi connectivity index (χ0v) is 11.2. The Hall–Kier alpha value is -1.77. The quantitative estimate of drug-likeness (QED) is 0.817. The molecule has 1 aliphatic rings. The van der Waals surface area contributed by atoms with E-state index in [9.17, 15) is 4.79 Å². The van der Waals surface area contributed by atoms with Crippen LogP contribution in [0.1, 0.15) is 32.1 Å². The molecule has 3 nitrogen and oxygen atoms in total. The number of anilines is 1. The minimum atomic E-state index is 0.152. The van der Waals surface area contributed by atoms with Crippen molar-refractivity contribution in [1.82, 2.24) is 0 Å². The first-order valence-electron chi connectivity index (χ1n) is 6.94. The van der Waals surface area contributed by atoms with Gasteiger partial charge in [-0.25, -0.2) is 0 Å². The van der Waals surface area contributed by atoms with Crippen molar-refractivity contribution in [3.05, 3.63) is 36.9 Å². The maximum Gasteiger partial charge on any atom is 0.227 e. The van der Waals surface area contributed by atoms with E-state index in [1.54, 1.807) is 6.08 Å². The van der Waals surface area contributed by atoms with Crippen molar-refractivity contribution >= 4 is 11.6 Å². The fourth-order valence-corrected chi connectivity index (χ4v) is 2.40. The second-order valence-electron chi connectivity index (χ2n) is 4.95. The second kappa shape index (κ2) is 6.98. The van der Waals surface area contributed by atoms with Crippen molar-refractivity contribution in [2.75, 3.05) is 11.9 Å². The van der Waals surface area contributed by atoms with Crippen LogP contribution in [0.3, 0.4) is 0 Å². The van der Waals surface area contributed by atoms with Crippen molar-refractivity contribution in [1.29, 1.82) is 0 Å². The number of carbonyl (C=O) groups is 1. The predicted molar refractivity (Wildman–Crippen MR) is 77.3 cm³/mol. The average molecular weight is 259 g/mol. The zero-order chi connectivity index (χ0) is 13.5. The summed E-state index contributed by atoms with van der Waals surface area (Å²) >= 11 is 0. The third kappa shape index (κ3) is 4.12.